The largest absolute Gasteiger partial charge is 0.274 e. The number of sulfonamides is 1. The van der Waals surface area contributed by atoms with Gasteiger partial charge in [0, 0.05) is 24.4 Å². The summed E-state index contributed by atoms with van der Waals surface area (Å²) in [6.45, 7) is 5.76. The second kappa shape index (κ2) is 8.91. The number of rotatable bonds is 6. The summed E-state index contributed by atoms with van der Waals surface area (Å²) in [5, 5.41) is 17.4. The first-order valence-electron chi connectivity index (χ1n) is 12.4. The van der Waals surface area contributed by atoms with Gasteiger partial charge in [0.15, 0.2) is 16.3 Å². The van der Waals surface area contributed by atoms with Gasteiger partial charge in [0.25, 0.3) is 20.0 Å². The summed E-state index contributed by atoms with van der Waals surface area (Å²) in [6, 6.07) is 12.5. The first kappa shape index (κ1) is 26.1. The van der Waals surface area contributed by atoms with E-state index in [1.54, 1.807) is 34.7 Å². The van der Waals surface area contributed by atoms with Crippen LogP contribution in [0.15, 0.2) is 71.0 Å². The topological polar surface area (TPSA) is 165 Å². The van der Waals surface area contributed by atoms with Crippen molar-refractivity contribution < 1.29 is 16.8 Å². The van der Waals surface area contributed by atoms with Crippen molar-refractivity contribution >= 4 is 36.9 Å². The molecule has 0 aliphatic heterocycles. The quantitative estimate of drug-likeness (QED) is 0.320. The van der Waals surface area contributed by atoms with E-state index < -0.39 is 31.5 Å². The van der Waals surface area contributed by atoms with Crippen LogP contribution in [0.1, 0.15) is 43.1 Å². The zero-order valence-electron chi connectivity index (χ0n) is 21.7. The Balaban J connectivity index is 1.34. The molecule has 1 aliphatic rings. The highest BCUT2D eigenvalue weighted by atomic mass is 32.2. The Hall–Kier alpha value is -4.19. The predicted molar refractivity (Wildman–Crippen MR) is 144 cm³/mol. The van der Waals surface area contributed by atoms with E-state index in [0.29, 0.717) is 23.4 Å². The number of aryl methyl sites for hydroxylation is 1. The Morgan fingerprint density at radius 1 is 1.00 bits per heavy atom. The van der Waals surface area contributed by atoms with Crippen LogP contribution >= 0.6 is 0 Å². The van der Waals surface area contributed by atoms with Crippen molar-refractivity contribution in [3.05, 3.63) is 78.0 Å². The molecule has 0 saturated heterocycles. The van der Waals surface area contributed by atoms with Crippen molar-refractivity contribution in [3.8, 4) is 6.07 Å². The monoisotopic (exact) mass is 576 g/mol. The molecule has 2 atom stereocenters. The van der Waals surface area contributed by atoms with Crippen LogP contribution in [0.5, 0.6) is 0 Å². The molecule has 4 heterocycles. The van der Waals surface area contributed by atoms with E-state index in [-0.39, 0.29) is 27.0 Å². The highest BCUT2D eigenvalue weighted by molar-refractivity contribution is 7.90. The fraction of sp³-hybridized carbons (Fsp3) is 0.269. The first-order chi connectivity index (χ1) is 18.9. The molecule has 0 spiro atoms. The molecule has 0 bridgehead atoms. The fourth-order valence-electron chi connectivity index (χ4n) is 5.11. The van der Waals surface area contributed by atoms with Crippen LogP contribution < -0.4 is 4.72 Å². The van der Waals surface area contributed by atoms with Crippen molar-refractivity contribution in [1.82, 2.24) is 33.3 Å². The molecule has 0 amide bonds. The SMILES string of the molecule is Cc1ccc(S(=O)(=O)n2ccc3c2ncc2nnc([C@H]4C[C@@H](NS(=O)(=O)c5ccc(C#N)cn5)C4(C)C)n23)cc1. The maximum Gasteiger partial charge on any atom is 0.269 e. The zero-order chi connectivity index (χ0) is 28.4. The number of nitriles is 1. The minimum atomic E-state index is -3.92. The van der Waals surface area contributed by atoms with E-state index in [4.69, 9.17) is 5.26 Å². The van der Waals surface area contributed by atoms with Crippen molar-refractivity contribution in [2.75, 3.05) is 0 Å². The molecule has 5 aromatic rings. The Kier molecular flexibility index (Phi) is 5.81. The number of hydrogen-bond donors (Lipinski definition) is 1. The van der Waals surface area contributed by atoms with E-state index in [1.807, 2.05) is 26.8 Å². The van der Waals surface area contributed by atoms with Crippen LogP contribution in [-0.4, -0.2) is 51.4 Å². The average molecular weight is 577 g/mol. The molecule has 1 saturated carbocycles. The van der Waals surface area contributed by atoms with E-state index in [0.717, 1.165) is 9.54 Å². The van der Waals surface area contributed by atoms with Crippen molar-refractivity contribution in [1.29, 1.82) is 5.26 Å². The fourth-order valence-corrected chi connectivity index (χ4v) is 7.74. The molecule has 1 N–H and O–H groups in total. The first-order valence-corrected chi connectivity index (χ1v) is 15.3. The van der Waals surface area contributed by atoms with Crippen LogP contribution in [-0.2, 0) is 20.0 Å². The Labute approximate surface area is 230 Å². The Morgan fingerprint density at radius 2 is 1.75 bits per heavy atom. The summed E-state index contributed by atoms with van der Waals surface area (Å²) in [4.78, 5) is 8.44. The van der Waals surface area contributed by atoms with E-state index >= 15 is 0 Å². The van der Waals surface area contributed by atoms with Gasteiger partial charge in [-0.15, -0.1) is 10.2 Å². The summed E-state index contributed by atoms with van der Waals surface area (Å²) in [5.74, 6) is 0.400. The van der Waals surface area contributed by atoms with Crippen molar-refractivity contribution in [3.63, 3.8) is 0 Å². The third kappa shape index (κ3) is 3.96. The molecule has 1 fully saturated rings. The summed E-state index contributed by atoms with van der Waals surface area (Å²) < 4.78 is 58.4. The lowest BCUT2D eigenvalue weighted by Crippen LogP contribution is -2.57. The van der Waals surface area contributed by atoms with E-state index in [9.17, 15) is 16.8 Å². The second-order valence-corrected chi connectivity index (χ2v) is 13.9. The van der Waals surface area contributed by atoms with Gasteiger partial charge in [-0.25, -0.2) is 35.5 Å². The van der Waals surface area contributed by atoms with Gasteiger partial charge in [0.2, 0.25) is 0 Å². The van der Waals surface area contributed by atoms with E-state index in [1.165, 1.54) is 30.7 Å². The second-order valence-electron chi connectivity index (χ2n) is 10.4. The maximum atomic E-state index is 13.4. The molecule has 1 aliphatic carbocycles. The summed E-state index contributed by atoms with van der Waals surface area (Å²) in [7, 11) is -7.82. The molecule has 204 valence electrons. The van der Waals surface area contributed by atoms with Crippen LogP contribution in [0.25, 0.3) is 16.8 Å². The van der Waals surface area contributed by atoms with Gasteiger partial charge in [-0.2, -0.15) is 5.26 Å². The summed E-state index contributed by atoms with van der Waals surface area (Å²) >= 11 is 0. The van der Waals surface area contributed by atoms with Gasteiger partial charge in [0.05, 0.1) is 22.2 Å². The Morgan fingerprint density at radius 3 is 2.40 bits per heavy atom. The molecular weight excluding hydrogens is 552 g/mol. The van der Waals surface area contributed by atoms with Gasteiger partial charge in [-0.3, -0.25) is 4.40 Å². The van der Waals surface area contributed by atoms with Crippen LogP contribution in [0.3, 0.4) is 0 Å². The van der Waals surface area contributed by atoms with Gasteiger partial charge in [-0.05, 0) is 49.1 Å². The number of aromatic nitrogens is 6. The lowest BCUT2D eigenvalue weighted by Gasteiger charge is -2.51. The molecule has 4 aromatic heterocycles. The number of hydrogen-bond acceptors (Lipinski definition) is 9. The molecule has 1 aromatic carbocycles. The highest BCUT2D eigenvalue weighted by Crippen LogP contribution is 2.52. The predicted octanol–water partition coefficient (Wildman–Crippen LogP) is 2.75. The standard InChI is InChI=1S/C26H24N8O4S2/c1-16-4-7-18(8-5-16)40(37,38)33-11-10-20-25(33)29-15-22-30-31-24(34(20)22)19-12-21(26(19,2)3)32-39(35,36)23-9-6-17(13-27)14-28-23/h4-11,14-15,19,21,32H,12H2,1-3H3/t19-,21-/m1/s1. The van der Waals surface area contributed by atoms with Gasteiger partial charge in [0.1, 0.15) is 11.9 Å². The number of benzene rings is 1. The summed E-state index contributed by atoms with van der Waals surface area (Å²) in [5.41, 5.74) is 1.86. The van der Waals surface area contributed by atoms with E-state index in [2.05, 4.69) is 24.9 Å². The number of nitrogens with one attached hydrogen (secondary N) is 1. The Bertz CT molecular complexity index is 2040. The van der Waals surface area contributed by atoms with Crippen LogP contribution in [0.4, 0.5) is 0 Å². The zero-order valence-corrected chi connectivity index (χ0v) is 23.3. The van der Waals surface area contributed by atoms with Gasteiger partial charge >= 0.3 is 0 Å². The van der Waals surface area contributed by atoms with Crippen LogP contribution in [0, 0.1) is 23.7 Å². The highest BCUT2D eigenvalue weighted by Gasteiger charge is 2.52. The number of pyridine rings is 1. The third-order valence-corrected chi connectivity index (χ3v) is 10.7. The molecule has 0 unspecified atom stereocenters. The smallest absolute Gasteiger partial charge is 0.269 e. The number of nitrogens with zero attached hydrogens (tertiary/aromatic N) is 7. The molecular formula is C26H24N8O4S2. The number of fused-ring (bicyclic) bond motifs is 3. The van der Waals surface area contributed by atoms with Gasteiger partial charge < -0.3 is 0 Å². The molecule has 0 radical (unpaired) electrons. The average Bonchev–Trinajstić information content (AvgIpc) is 3.55. The van der Waals surface area contributed by atoms with Crippen molar-refractivity contribution in [2.45, 2.75) is 49.1 Å². The normalized spacial score (nSPS) is 18.9. The minimum Gasteiger partial charge on any atom is -0.274 e. The van der Waals surface area contributed by atoms with Gasteiger partial charge in [-0.1, -0.05) is 31.5 Å². The minimum absolute atomic E-state index is 0.147. The molecule has 40 heavy (non-hydrogen) atoms. The maximum absolute atomic E-state index is 13.4. The van der Waals surface area contributed by atoms with Crippen molar-refractivity contribution in [2.24, 2.45) is 5.41 Å². The van der Waals surface area contributed by atoms with Crippen LogP contribution in [0.2, 0.25) is 0 Å². The molecule has 12 nitrogen and oxygen atoms in total. The third-order valence-electron chi connectivity index (χ3n) is 7.66. The summed E-state index contributed by atoms with van der Waals surface area (Å²) in [6.07, 6.45) is 4.59. The lowest BCUT2D eigenvalue weighted by atomic mass is 9.58. The molecule has 14 heteroatoms. The lowest BCUT2D eigenvalue weighted by molar-refractivity contribution is 0.0796. The molecule has 6 rings (SSSR count).